The van der Waals surface area contributed by atoms with Crippen molar-refractivity contribution in [2.24, 2.45) is 0 Å². The van der Waals surface area contributed by atoms with E-state index in [0.717, 1.165) is 43.3 Å². The molecule has 4 rings (SSSR count). The Morgan fingerprint density at radius 1 is 0.596 bits per heavy atom. The number of benzene rings is 4. The van der Waals surface area contributed by atoms with Crippen molar-refractivity contribution in [3.05, 3.63) is 81.5 Å². The van der Waals surface area contributed by atoms with Gasteiger partial charge in [-0.05, 0) is 136 Å². The van der Waals surface area contributed by atoms with Crippen LogP contribution >= 0.6 is 67.8 Å². The van der Waals surface area contributed by atoms with Crippen LogP contribution in [0.5, 0.6) is 46.0 Å². The molecule has 0 aliphatic heterocycles. The number of hydrogen-bond donors (Lipinski definition) is 4. The second kappa shape index (κ2) is 28.7. The van der Waals surface area contributed by atoms with Crippen molar-refractivity contribution in [3.8, 4) is 46.0 Å². The van der Waals surface area contributed by atoms with E-state index in [1.54, 1.807) is 60.7 Å². The van der Waals surface area contributed by atoms with E-state index in [0.29, 0.717) is 22.5 Å². The molecule has 0 aliphatic rings. The molecule has 14 nitrogen and oxygen atoms in total. The number of phenolic OH excluding ortho intramolecular Hbond substituents is 2. The fourth-order valence-corrected chi connectivity index (χ4v) is 7.65. The van der Waals surface area contributed by atoms with Crippen LogP contribution in [0.2, 0.25) is 0 Å². The molecule has 0 fully saturated rings. The predicted molar refractivity (Wildman–Crippen MR) is 239 cm³/mol. The van der Waals surface area contributed by atoms with Crippen molar-refractivity contribution in [3.63, 3.8) is 0 Å². The molecule has 4 aromatic carbocycles. The first-order valence-corrected chi connectivity index (χ1v) is 24.3. The van der Waals surface area contributed by atoms with Gasteiger partial charge in [-0.15, -0.1) is 0 Å². The third-order valence-electron chi connectivity index (χ3n) is 7.26. The summed E-state index contributed by atoms with van der Waals surface area (Å²) in [6.07, 6.45) is 0. The Bertz CT molecular complexity index is 1860. The smallest absolute Gasteiger partial charge is 0.489 e. The van der Waals surface area contributed by atoms with Gasteiger partial charge < -0.3 is 48.7 Å². The summed E-state index contributed by atoms with van der Waals surface area (Å²) in [5.41, 5.74) is 4.17. The molecular weight excluding hydrogens is 1270 g/mol. The number of rotatable bonds is 9. The summed E-state index contributed by atoms with van der Waals surface area (Å²) in [5, 5.41) is 36.1. The maximum Gasteiger partial charge on any atom is 0.489 e. The summed E-state index contributed by atoms with van der Waals surface area (Å²) in [4.78, 5) is 20.1. The number of methoxy groups -OCH3 is 6. The first-order chi connectivity index (χ1) is 26.8. The van der Waals surface area contributed by atoms with Gasteiger partial charge in [0.05, 0.1) is 42.7 Å². The summed E-state index contributed by atoms with van der Waals surface area (Å²) in [6, 6.07) is 14.2. The van der Waals surface area contributed by atoms with E-state index in [-0.39, 0.29) is 23.4 Å². The summed E-state index contributed by atoms with van der Waals surface area (Å²) in [5.74, 6) is 3.52. The van der Waals surface area contributed by atoms with Crippen LogP contribution in [0.4, 0.5) is 0 Å². The van der Waals surface area contributed by atoms with Gasteiger partial charge in [0.2, 0.25) is 0 Å². The van der Waals surface area contributed by atoms with Crippen molar-refractivity contribution in [2.75, 3.05) is 42.7 Å². The van der Waals surface area contributed by atoms with Gasteiger partial charge in [-0.2, -0.15) is 0 Å². The Hall–Kier alpha value is -2.67. The molecule has 0 bridgehead atoms. The normalized spacial score (nSPS) is 9.35. The van der Waals surface area contributed by atoms with Crippen molar-refractivity contribution >= 4 is 92.3 Å². The van der Waals surface area contributed by atoms with Crippen LogP contribution in [0.15, 0.2) is 48.5 Å². The first-order valence-electron chi connectivity index (χ1n) is 16.5. The molecule has 310 valence electrons. The van der Waals surface area contributed by atoms with Gasteiger partial charge in [-0.1, -0.05) is 24.3 Å². The number of para-hydroxylation sites is 2. The molecular formula is C38H48BHgI3O14. The molecule has 0 saturated carbocycles. The van der Waals surface area contributed by atoms with E-state index in [1.165, 1.54) is 34.2 Å². The molecule has 19 heteroatoms. The molecule has 0 saturated heterocycles. The van der Waals surface area contributed by atoms with E-state index in [2.05, 4.69) is 50.5 Å². The average Bonchev–Trinajstić information content (AvgIpc) is 3.17. The summed E-state index contributed by atoms with van der Waals surface area (Å²) >= 11 is 4.60. The number of aromatic hydroxyl groups is 2. The van der Waals surface area contributed by atoms with Crippen LogP contribution in [0.1, 0.15) is 36.1 Å². The molecule has 0 aliphatic carbocycles. The molecule has 0 amide bonds. The van der Waals surface area contributed by atoms with Gasteiger partial charge in [0, 0.05) is 21.8 Å². The zero-order chi connectivity index (χ0) is 44.0. The third kappa shape index (κ3) is 18.4. The van der Waals surface area contributed by atoms with E-state index in [1.807, 2.05) is 67.6 Å². The Balaban J connectivity index is 0.000000698. The average molecular weight is 1320 g/mol. The van der Waals surface area contributed by atoms with Crippen LogP contribution in [0.3, 0.4) is 0 Å². The minimum atomic E-state index is -2.04. The van der Waals surface area contributed by atoms with Gasteiger partial charge in [-0.3, -0.25) is 0 Å². The van der Waals surface area contributed by atoms with Crippen molar-refractivity contribution in [1.29, 1.82) is 0 Å². The molecule has 0 heterocycles. The van der Waals surface area contributed by atoms with Crippen molar-refractivity contribution in [1.82, 2.24) is 0 Å². The van der Waals surface area contributed by atoms with Gasteiger partial charge in [-0.25, -0.2) is 0 Å². The number of hydrogen-bond acceptors (Lipinski definition) is 14. The Morgan fingerprint density at radius 2 is 1.04 bits per heavy atom. The molecule has 57 heavy (non-hydrogen) atoms. The molecule has 0 radical (unpaired) electrons. The van der Waals surface area contributed by atoms with Crippen LogP contribution in [-0.2, 0) is 40.4 Å². The summed E-state index contributed by atoms with van der Waals surface area (Å²) in [6.45, 7) is 10.2. The molecule has 0 unspecified atom stereocenters. The first kappa shape index (κ1) is 54.3. The van der Waals surface area contributed by atoms with Crippen LogP contribution in [-0.4, -0.2) is 82.0 Å². The number of carbonyl (C=O) groups is 2. The van der Waals surface area contributed by atoms with Gasteiger partial charge in [0.1, 0.15) is 0 Å². The molecule has 4 N–H and O–H groups in total. The number of halogens is 3. The van der Waals surface area contributed by atoms with E-state index in [4.69, 9.17) is 48.7 Å². The molecule has 0 spiro atoms. The minimum absolute atomic E-state index is 0.0301. The molecule has 0 atom stereocenters. The standard InChI is InChI=1S/C9H12BIO4.C9H10I2O2.C9H12O2.C7H8O2.2C2H4O2.Hg/c1-5-8(11)6(10(12)13)4-7(14-2)9(5)15-3;1-5-8(11)6(10)4-7(12-2)9(5)13-3;1-7-5-4-6-8(10-2)9(7)11-3;1-5-3-2-4-6(8)7(5)9;2*1-2(3)4;/h4,12-13H,1-3H3;4H,1-3H3;4-6H,1-3H3;2-4,8-9H,1H3;2*1H3,(H,3,4);/q;;;;;;+2/p-2. The SMILES string of the molecule is CC(=O)[O][Hg][O]C(C)=O.COc1cc(B(O)O)c(I)c(C)c1OC.COc1cc(I)c(I)c(C)c1OC.COc1cccc(C)c1OC.Cc1cccc(O)c1O. The topological polar surface area (TPSA) is 189 Å². The molecule has 0 aromatic heterocycles. The van der Waals surface area contributed by atoms with Gasteiger partial charge in [0.15, 0.2) is 46.0 Å². The quantitative estimate of drug-likeness (QED) is 0.0765. The summed E-state index contributed by atoms with van der Waals surface area (Å²) in [7, 11) is 8.15. The summed E-state index contributed by atoms with van der Waals surface area (Å²) < 4.78 is 43.2. The van der Waals surface area contributed by atoms with E-state index >= 15 is 0 Å². The van der Waals surface area contributed by atoms with Gasteiger partial charge >= 0.3 is 73.3 Å². The predicted octanol–water partition coefficient (Wildman–Crippen LogP) is 6.96. The second-order valence-corrected chi connectivity index (χ2v) is 17.7. The fraction of sp³-hybridized carbons (Fsp3) is 0.316. The van der Waals surface area contributed by atoms with Crippen molar-refractivity contribution in [2.45, 2.75) is 41.5 Å². The number of ether oxygens (including phenoxy) is 6. The zero-order valence-electron chi connectivity index (χ0n) is 33.9. The number of phenols is 2. The Kier molecular flexibility index (Phi) is 27.4. The van der Waals surface area contributed by atoms with Crippen LogP contribution in [0.25, 0.3) is 0 Å². The largest absolute Gasteiger partial charge is 0.504 e. The van der Waals surface area contributed by atoms with Crippen LogP contribution in [0, 0.1) is 38.4 Å². The monoisotopic (exact) mass is 1320 g/mol. The minimum Gasteiger partial charge on any atom is -0.504 e. The fourth-order valence-electron chi connectivity index (χ4n) is 4.36. The third-order valence-corrected chi connectivity index (χ3v) is 16.0. The maximum absolute atomic E-state index is 10.1. The maximum atomic E-state index is 10.1. The van der Waals surface area contributed by atoms with E-state index < -0.39 is 32.6 Å². The number of carbonyl (C=O) groups excluding carboxylic acids is 2. The van der Waals surface area contributed by atoms with Crippen molar-refractivity contribution < 1.29 is 89.0 Å². The molecule has 4 aromatic rings. The zero-order valence-corrected chi connectivity index (χ0v) is 45.9. The Morgan fingerprint density at radius 3 is 1.42 bits per heavy atom. The van der Waals surface area contributed by atoms with Gasteiger partial charge in [0.25, 0.3) is 0 Å². The van der Waals surface area contributed by atoms with E-state index in [9.17, 15) is 9.59 Å². The second-order valence-electron chi connectivity index (χ2n) is 11.2. The Labute approximate surface area is 389 Å². The number of aryl methyl sites for hydroxylation is 2. The van der Waals surface area contributed by atoms with Crippen LogP contribution < -0.4 is 33.9 Å².